The van der Waals surface area contributed by atoms with Gasteiger partial charge in [0.2, 0.25) is 0 Å². The molecule has 2 N–H and O–H groups in total. The molecule has 0 aromatic heterocycles. The molecule has 2 rings (SSSR count). The molecule has 0 saturated carbocycles. The van der Waals surface area contributed by atoms with Gasteiger partial charge in [0.1, 0.15) is 0 Å². The number of anilines is 1. The minimum atomic E-state index is -3.79. The maximum absolute atomic E-state index is 12.9. The van der Waals surface area contributed by atoms with E-state index in [9.17, 15) is 13.2 Å². The summed E-state index contributed by atoms with van der Waals surface area (Å²) in [5, 5.41) is 2.79. The highest BCUT2D eigenvalue weighted by molar-refractivity contribution is 7.92. The molecule has 0 aliphatic carbocycles. The lowest BCUT2D eigenvalue weighted by atomic mass is 10.1. The molecule has 0 heterocycles. The predicted molar refractivity (Wildman–Crippen MR) is 105 cm³/mol. The first-order chi connectivity index (χ1) is 12.3. The Balaban J connectivity index is 2.40. The van der Waals surface area contributed by atoms with E-state index >= 15 is 0 Å². The van der Waals surface area contributed by atoms with Crippen LogP contribution < -0.4 is 10.0 Å². The quantitative estimate of drug-likeness (QED) is 0.774. The molecule has 2 aromatic carbocycles. The zero-order chi connectivity index (χ0) is 19.3. The molecule has 5 nitrogen and oxygen atoms in total. The summed E-state index contributed by atoms with van der Waals surface area (Å²) in [4.78, 5) is 12.4. The highest BCUT2D eigenvalue weighted by Gasteiger charge is 2.20. The van der Waals surface area contributed by atoms with Gasteiger partial charge in [-0.25, -0.2) is 8.42 Å². The predicted octanol–water partition coefficient (Wildman–Crippen LogP) is 3.81. The molecule has 26 heavy (non-hydrogen) atoms. The van der Waals surface area contributed by atoms with Gasteiger partial charge in [-0.2, -0.15) is 0 Å². The largest absolute Gasteiger partial charge is 0.352 e. The Morgan fingerprint density at radius 3 is 2.42 bits per heavy atom. The number of amides is 1. The van der Waals surface area contributed by atoms with Crippen LogP contribution in [0.3, 0.4) is 0 Å². The number of nitrogens with one attached hydrogen (secondary N) is 2. The fourth-order valence-electron chi connectivity index (χ4n) is 2.71. The second-order valence-corrected chi connectivity index (χ2v) is 7.98. The van der Waals surface area contributed by atoms with Gasteiger partial charge in [-0.1, -0.05) is 38.1 Å². The van der Waals surface area contributed by atoms with Crippen LogP contribution >= 0.6 is 0 Å². The van der Waals surface area contributed by atoms with Crippen molar-refractivity contribution in [3.63, 3.8) is 0 Å². The number of benzene rings is 2. The van der Waals surface area contributed by atoms with Crippen molar-refractivity contribution in [1.29, 1.82) is 0 Å². The summed E-state index contributed by atoms with van der Waals surface area (Å²) < 4.78 is 28.5. The molecule has 0 saturated heterocycles. The fraction of sp³-hybridized carbons (Fsp3) is 0.350. The summed E-state index contributed by atoms with van der Waals surface area (Å²) in [6.45, 7) is 8.16. The third-order valence-corrected chi connectivity index (χ3v) is 5.62. The molecule has 0 radical (unpaired) electrons. The van der Waals surface area contributed by atoms with Gasteiger partial charge < -0.3 is 5.32 Å². The second-order valence-electron chi connectivity index (χ2n) is 6.30. The molecular formula is C20H26N2O3S. The van der Waals surface area contributed by atoms with E-state index in [-0.39, 0.29) is 10.8 Å². The summed E-state index contributed by atoms with van der Waals surface area (Å²) in [6, 6.07) is 10.3. The van der Waals surface area contributed by atoms with Crippen LogP contribution in [0.4, 0.5) is 5.69 Å². The van der Waals surface area contributed by atoms with E-state index in [1.165, 1.54) is 12.1 Å². The maximum Gasteiger partial charge on any atom is 0.261 e. The van der Waals surface area contributed by atoms with Crippen LogP contribution in [-0.2, 0) is 16.4 Å². The summed E-state index contributed by atoms with van der Waals surface area (Å²) >= 11 is 0. The van der Waals surface area contributed by atoms with Crippen molar-refractivity contribution >= 4 is 21.6 Å². The van der Waals surface area contributed by atoms with Gasteiger partial charge in [0.15, 0.2) is 0 Å². The lowest BCUT2D eigenvalue weighted by molar-refractivity contribution is 0.0953. The van der Waals surface area contributed by atoms with E-state index in [0.29, 0.717) is 17.8 Å². The molecule has 6 heteroatoms. The molecule has 0 fully saturated rings. The van der Waals surface area contributed by atoms with Crippen molar-refractivity contribution in [2.24, 2.45) is 0 Å². The van der Waals surface area contributed by atoms with Gasteiger partial charge in [0, 0.05) is 12.1 Å². The Bertz CT molecular complexity index is 905. The lowest BCUT2D eigenvalue weighted by Gasteiger charge is -2.15. The van der Waals surface area contributed by atoms with Crippen LogP contribution in [0.2, 0.25) is 0 Å². The van der Waals surface area contributed by atoms with Crippen LogP contribution in [-0.4, -0.2) is 20.9 Å². The number of carbonyl (C=O) groups excluding carboxylic acids is 1. The first-order valence-electron chi connectivity index (χ1n) is 8.80. The van der Waals surface area contributed by atoms with Crippen molar-refractivity contribution < 1.29 is 13.2 Å². The Hall–Kier alpha value is -2.34. The smallest absolute Gasteiger partial charge is 0.261 e. The molecule has 0 aliphatic rings. The van der Waals surface area contributed by atoms with Gasteiger partial charge in [-0.05, 0) is 55.5 Å². The molecule has 0 unspecified atom stereocenters. The summed E-state index contributed by atoms with van der Waals surface area (Å²) in [5.74, 6) is -0.258. The number of hydrogen-bond acceptors (Lipinski definition) is 3. The topological polar surface area (TPSA) is 75.3 Å². The Kier molecular flexibility index (Phi) is 6.42. The zero-order valence-electron chi connectivity index (χ0n) is 15.7. The summed E-state index contributed by atoms with van der Waals surface area (Å²) in [6.07, 6.45) is 1.54. The van der Waals surface area contributed by atoms with Gasteiger partial charge in [-0.3, -0.25) is 9.52 Å². The molecule has 2 aromatic rings. The lowest BCUT2D eigenvalue weighted by Crippen LogP contribution is -2.25. The van der Waals surface area contributed by atoms with Crippen molar-refractivity contribution in [2.45, 2.75) is 45.4 Å². The van der Waals surface area contributed by atoms with E-state index in [2.05, 4.69) is 10.0 Å². The normalized spacial score (nSPS) is 11.2. The molecule has 0 aliphatic heterocycles. The summed E-state index contributed by atoms with van der Waals surface area (Å²) in [5.41, 5.74) is 3.51. The average Bonchev–Trinajstić information content (AvgIpc) is 2.61. The van der Waals surface area contributed by atoms with Gasteiger partial charge >= 0.3 is 0 Å². The fourth-order valence-corrected chi connectivity index (χ4v) is 3.91. The van der Waals surface area contributed by atoms with Crippen LogP contribution in [0.5, 0.6) is 0 Å². The first-order valence-corrected chi connectivity index (χ1v) is 10.3. The Labute approximate surface area is 155 Å². The van der Waals surface area contributed by atoms with Crippen molar-refractivity contribution in [1.82, 2.24) is 5.32 Å². The van der Waals surface area contributed by atoms with E-state index in [1.807, 2.05) is 39.0 Å². The number of hydrogen-bond donors (Lipinski definition) is 2. The highest BCUT2D eigenvalue weighted by Crippen LogP contribution is 2.25. The number of sulfonamides is 1. The van der Waals surface area contributed by atoms with Crippen LogP contribution in [0.25, 0.3) is 0 Å². The van der Waals surface area contributed by atoms with Crippen molar-refractivity contribution in [3.05, 3.63) is 58.7 Å². The number of rotatable bonds is 7. The van der Waals surface area contributed by atoms with Gasteiger partial charge in [-0.15, -0.1) is 0 Å². The van der Waals surface area contributed by atoms with E-state index in [0.717, 1.165) is 29.5 Å². The average molecular weight is 375 g/mol. The monoisotopic (exact) mass is 374 g/mol. The standard InChI is InChI=1S/C20H26N2O3S/c1-5-12-21-20(23)18-13-17(11-10-14(18)3)26(24,25)22-19-15(4)8-7-9-16(19)6-2/h7-11,13,22H,5-6,12H2,1-4H3,(H,21,23). The van der Waals surface area contributed by atoms with Gasteiger partial charge in [0.25, 0.3) is 15.9 Å². The third kappa shape index (κ3) is 4.43. The first kappa shape index (κ1) is 20.0. The zero-order valence-corrected chi connectivity index (χ0v) is 16.5. The minimum absolute atomic E-state index is 0.0788. The molecule has 140 valence electrons. The van der Waals surface area contributed by atoms with Crippen LogP contribution in [0.15, 0.2) is 41.3 Å². The molecule has 0 spiro atoms. The molecule has 0 atom stereocenters. The Morgan fingerprint density at radius 1 is 1.04 bits per heavy atom. The summed E-state index contributed by atoms with van der Waals surface area (Å²) in [7, 11) is -3.79. The molecular weight excluding hydrogens is 348 g/mol. The van der Waals surface area contributed by atoms with E-state index < -0.39 is 10.0 Å². The number of aryl methyl sites for hydroxylation is 3. The minimum Gasteiger partial charge on any atom is -0.352 e. The van der Waals surface area contributed by atoms with E-state index in [1.54, 1.807) is 13.0 Å². The van der Waals surface area contributed by atoms with Crippen molar-refractivity contribution in [2.75, 3.05) is 11.3 Å². The van der Waals surface area contributed by atoms with Crippen molar-refractivity contribution in [3.8, 4) is 0 Å². The van der Waals surface area contributed by atoms with Crippen LogP contribution in [0, 0.1) is 13.8 Å². The molecule has 0 bridgehead atoms. The van der Waals surface area contributed by atoms with Gasteiger partial charge in [0.05, 0.1) is 10.6 Å². The number of carbonyl (C=O) groups is 1. The maximum atomic E-state index is 12.9. The van der Waals surface area contributed by atoms with E-state index in [4.69, 9.17) is 0 Å². The SMILES string of the molecule is CCCNC(=O)c1cc(S(=O)(=O)Nc2c(C)cccc2CC)ccc1C. The third-order valence-electron chi connectivity index (χ3n) is 4.28. The molecule has 1 amide bonds. The second kappa shape index (κ2) is 8.36. The van der Waals surface area contributed by atoms with Crippen LogP contribution in [0.1, 0.15) is 47.3 Å². The highest BCUT2D eigenvalue weighted by atomic mass is 32.2. The number of para-hydroxylation sites is 1. The Morgan fingerprint density at radius 2 is 1.77 bits per heavy atom.